The molecule has 5 rings (SSSR count). The van der Waals surface area contributed by atoms with E-state index in [-0.39, 0.29) is 0 Å². The first kappa shape index (κ1) is 24.3. The number of aromatic nitrogens is 5. The van der Waals surface area contributed by atoms with Gasteiger partial charge in [0.1, 0.15) is 17.6 Å². The molecular weight excluding hydrogens is 478 g/mol. The number of hydrogen-bond donors (Lipinski definition) is 0. The third-order valence-corrected chi connectivity index (χ3v) is 5.89. The average molecular weight is 502 g/mol. The Bertz CT molecular complexity index is 1700. The lowest BCUT2D eigenvalue weighted by Gasteiger charge is -2.24. The van der Waals surface area contributed by atoms with Crippen LogP contribution in [-0.2, 0) is 7.05 Å². The van der Waals surface area contributed by atoms with Crippen LogP contribution in [0.1, 0.15) is 11.1 Å². The maximum absolute atomic E-state index is 9.39. The van der Waals surface area contributed by atoms with E-state index < -0.39 is 0 Å². The summed E-state index contributed by atoms with van der Waals surface area (Å²) in [5.74, 6) is 7.61. The van der Waals surface area contributed by atoms with E-state index in [1.54, 1.807) is 43.6 Å². The first-order valence-corrected chi connectivity index (χ1v) is 11.7. The molecule has 2 aromatic carbocycles. The normalized spacial score (nSPS) is 10.4. The lowest BCUT2D eigenvalue weighted by Crippen LogP contribution is -2.17. The summed E-state index contributed by atoms with van der Waals surface area (Å²) < 4.78 is 12.7. The number of ether oxygens (including phenoxy) is 2. The van der Waals surface area contributed by atoms with Gasteiger partial charge in [-0.1, -0.05) is 11.8 Å². The van der Waals surface area contributed by atoms with Gasteiger partial charge in [0, 0.05) is 66.3 Å². The van der Waals surface area contributed by atoms with E-state index in [9.17, 15) is 5.26 Å². The fraction of sp³-hybridized carbons (Fsp3) is 0.138. The molecule has 0 spiro atoms. The number of nitriles is 1. The number of methoxy groups -OCH3 is 2. The summed E-state index contributed by atoms with van der Waals surface area (Å²) in [6.07, 6.45) is 8.54. The fourth-order valence-electron chi connectivity index (χ4n) is 3.95. The summed E-state index contributed by atoms with van der Waals surface area (Å²) in [7, 11) is 5.09. The zero-order valence-corrected chi connectivity index (χ0v) is 21.1. The maximum Gasteiger partial charge on any atom is 0.124 e. The zero-order chi connectivity index (χ0) is 26.5. The Balaban J connectivity index is 1.59. The quantitative estimate of drug-likeness (QED) is 0.313. The Kier molecular flexibility index (Phi) is 6.83. The molecule has 0 unspecified atom stereocenters. The van der Waals surface area contributed by atoms with Crippen molar-refractivity contribution in [3.8, 4) is 40.7 Å². The molecule has 5 aromatic rings. The van der Waals surface area contributed by atoms with Gasteiger partial charge in [0.25, 0.3) is 0 Å². The predicted molar refractivity (Wildman–Crippen MR) is 144 cm³/mol. The first-order chi connectivity index (χ1) is 18.6. The van der Waals surface area contributed by atoms with Crippen LogP contribution in [0.15, 0.2) is 73.4 Å². The second-order valence-electron chi connectivity index (χ2n) is 8.32. The van der Waals surface area contributed by atoms with E-state index >= 15 is 0 Å². The number of anilines is 2. The van der Waals surface area contributed by atoms with E-state index in [2.05, 4.69) is 33.0 Å². The maximum atomic E-state index is 9.39. The third kappa shape index (κ3) is 5.08. The molecule has 0 amide bonds. The van der Waals surface area contributed by atoms with Crippen LogP contribution in [0, 0.1) is 23.2 Å². The molecule has 0 aliphatic rings. The van der Waals surface area contributed by atoms with Crippen LogP contribution in [0.4, 0.5) is 11.4 Å². The molecule has 0 aliphatic heterocycles. The summed E-state index contributed by atoms with van der Waals surface area (Å²) in [6, 6.07) is 15.4. The standard InChI is InChI=1S/C29H23N7O2/c1-35-19-22(17-33-35)29-18-32-27-7-6-23(13-28(27)34-29)36(24-11-25(37-2)14-26(12-24)38-3)10-4-5-20-8-9-31-16-21(20)15-30/h6-9,11-14,16-19H,10H2,1-3H3. The van der Waals surface area contributed by atoms with Crippen LogP contribution >= 0.6 is 0 Å². The Labute approximate surface area is 219 Å². The average Bonchev–Trinajstić information content (AvgIpc) is 3.40. The van der Waals surface area contributed by atoms with Crippen LogP contribution in [0.2, 0.25) is 0 Å². The molecule has 0 bridgehead atoms. The van der Waals surface area contributed by atoms with Gasteiger partial charge in [-0.2, -0.15) is 10.4 Å². The molecule has 0 radical (unpaired) electrons. The Morgan fingerprint density at radius 1 is 0.921 bits per heavy atom. The van der Waals surface area contributed by atoms with Crippen molar-refractivity contribution in [3.05, 3.63) is 84.6 Å². The SMILES string of the molecule is COc1cc(OC)cc(N(CC#Cc2ccncc2C#N)c2ccc3ncc(-c4cnn(C)c4)nc3c2)c1. The topological polar surface area (TPSA) is 102 Å². The largest absolute Gasteiger partial charge is 0.497 e. The molecule has 9 heteroatoms. The van der Waals surface area contributed by atoms with Crippen molar-refractivity contribution in [1.29, 1.82) is 5.26 Å². The van der Waals surface area contributed by atoms with Crippen LogP contribution in [0.5, 0.6) is 11.5 Å². The van der Waals surface area contributed by atoms with Gasteiger partial charge in [0.2, 0.25) is 0 Å². The van der Waals surface area contributed by atoms with Crippen LogP contribution in [0.25, 0.3) is 22.3 Å². The zero-order valence-electron chi connectivity index (χ0n) is 21.1. The van der Waals surface area contributed by atoms with E-state index in [0.29, 0.717) is 29.2 Å². The van der Waals surface area contributed by atoms with Crippen molar-refractivity contribution in [1.82, 2.24) is 24.7 Å². The molecule has 0 aliphatic carbocycles. The van der Waals surface area contributed by atoms with E-state index in [1.807, 2.05) is 54.5 Å². The smallest absolute Gasteiger partial charge is 0.124 e. The highest BCUT2D eigenvalue weighted by atomic mass is 16.5. The number of nitrogens with zero attached hydrogens (tertiary/aromatic N) is 7. The minimum Gasteiger partial charge on any atom is -0.497 e. The van der Waals surface area contributed by atoms with Gasteiger partial charge in [0.15, 0.2) is 0 Å². The fourth-order valence-corrected chi connectivity index (χ4v) is 3.95. The van der Waals surface area contributed by atoms with Crippen molar-refractivity contribution in [3.63, 3.8) is 0 Å². The van der Waals surface area contributed by atoms with Crippen molar-refractivity contribution in [2.24, 2.45) is 7.05 Å². The number of hydrogen-bond acceptors (Lipinski definition) is 8. The molecule has 3 aromatic heterocycles. The number of rotatable bonds is 6. The molecular formula is C29H23N7O2. The van der Waals surface area contributed by atoms with Crippen LogP contribution in [0.3, 0.4) is 0 Å². The van der Waals surface area contributed by atoms with Crippen molar-refractivity contribution in [2.45, 2.75) is 0 Å². The summed E-state index contributed by atoms with van der Waals surface area (Å²) in [4.78, 5) is 15.5. The third-order valence-electron chi connectivity index (χ3n) is 5.89. The van der Waals surface area contributed by atoms with Crippen LogP contribution < -0.4 is 14.4 Å². The Hall–Kier alpha value is -5.41. The number of benzene rings is 2. The van der Waals surface area contributed by atoms with E-state index in [1.165, 1.54) is 6.20 Å². The van der Waals surface area contributed by atoms with Crippen molar-refractivity contribution >= 4 is 22.4 Å². The van der Waals surface area contributed by atoms with Gasteiger partial charge < -0.3 is 14.4 Å². The van der Waals surface area contributed by atoms with Gasteiger partial charge in [0.05, 0.1) is 55.4 Å². The predicted octanol–water partition coefficient (Wildman–Crippen LogP) is 4.50. The minimum absolute atomic E-state index is 0.324. The first-order valence-electron chi connectivity index (χ1n) is 11.7. The summed E-state index contributed by atoms with van der Waals surface area (Å²) in [6.45, 7) is 0.324. The molecule has 186 valence electrons. The van der Waals surface area contributed by atoms with Gasteiger partial charge in [-0.05, 0) is 24.3 Å². The lowest BCUT2D eigenvalue weighted by atomic mass is 10.1. The monoisotopic (exact) mass is 501 g/mol. The van der Waals surface area contributed by atoms with Gasteiger partial charge in [-0.3, -0.25) is 14.6 Å². The Morgan fingerprint density at radius 2 is 1.74 bits per heavy atom. The van der Waals surface area contributed by atoms with E-state index in [0.717, 1.165) is 33.7 Å². The summed E-state index contributed by atoms with van der Waals surface area (Å²) in [5, 5.41) is 13.6. The molecule has 3 heterocycles. The number of pyridine rings is 1. The van der Waals surface area contributed by atoms with Gasteiger partial charge in [-0.25, -0.2) is 4.98 Å². The Morgan fingerprint density at radius 3 is 2.45 bits per heavy atom. The van der Waals surface area contributed by atoms with Gasteiger partial charge in [-0.15, -0.1) is 0 Å². The summed E-state index contributed by atoms with van der Waals surface area (Å²) >= 11 is 0. The number of fused-ring (bicyclic) bond motifs is 1. The van der Waals surface area contributed by atoms with Crippen molar-refractivity contribution in [2.75, 3.05) is 25.7 Å². The second kappa shape index (κ2) is 10.7. The highest BCUT2D eigenvalue weighted by Crippen LogP contribution is 2.34. The molecule has 0 fully saturated rings. The molecule has 0 atom stereocenters. The van der Waals surface area contributed by atoms with Gasteiger partial charge >= 0.3 is 0 Å². The van der Waals surface area contributed by atoms with Crippen LogP contribution in [-0.4, -0.2) is 45.5 Å². The minimum atomic E-state index is 0.324. The molecule has 0 N–H and O–H groups in total. The molecule has 38 heavy (non-hydrogen) atoms. The molecule has 9 nitrogen and oxygen atoms in total. The second-order valence-corrected chi connectivity index (χ2v) is 8.32. The van der Waals surface area contributed by atoms with E-state index in [4.69, 9.17) is 14.5 Å². The summed E-state index contributed by atoms with van der Waals surface area (Å²) in [5.41, 5.74) is 5.85. The van der Waals surface area contributed by atoms with Crippen molar-refractivity contribution < 1.29 is 9.47 Å². The molecule has 0 saturated heterocycles. The number of aryl methyl sites for hydroxylation is 1. The highest BCUT2D eigenvalue weighted by molar-refractivity contribution is 5.83. The molecule has 0 saturated carbocycles. The highest BCUT2D eigenvalue weighted by Gasteiger charge is 2.14. The lowest BCUT2D eigenvalue weighted by molar-refractivity contribution is 0.394.